The SMILES string of the molecule is O=c1c2cnn(C3CC3)c2ncn1CC1(O)CCNCC1. The van der Waals surface area contributed by atoms with Crippen LogP contribution in [0.1, 0.15) is 31.7 Å². The average molecular weight is 289 g/mol. The van der Waals surface area contributed by atoms with Gasteiger partial charge >= 0.3 is 0 Å². The van der Waals surface area contributed by atoms with E-state index in [0.717, 1.165) is 25.9 Å². The van der Waals surface area contributed by atoms with Crippen LogP contribution in [0.15, 0.2) is 17.3 Å². The van der Waals surface area contributed by atoms with E-state index in [4.69, 9.17) is 0 Å². The Morgan fingerprint density at radius 3 is 2.86 bits per heavy atom. The standard InChI is InChI=1S/C14H19N5O2/c20-13-11-7-17-19(10-1-2-10)12(11)16-9-18(13)8-14(21)3-5-15-6-4-14/h7,9-10,15,21H,1-6,8H2. The molecule has 4 rings (SSSR count). The number of aromatic nitrogens is 4. The maximum absolute atomic E-state index is 12.5. The summed E-state index contributed by atoms with van der Waals surface area (Å²) in [5, 5.41) is 18.6. The molecule has 1 saturated carbocycles. The van der Waals surface area contributed by atoms with Gasteiger partial charge in [0, 0.05) is 0 Å². The first-order valence-electron chi connectivity index (χ1n) is 7.52. The Bertz CT molecular complexity index is 725. The Hall–Kier alpha value is -1.73. The van der Waals surface area contributed by atoms with Gasteiger partial charge in [-0.05, 0) is 38.8 Å². The van der Waals surface area contributed by atoms with Crippen LogP contribution in [0.25, 0.3) is 11.0 Å². The van der Waals surface area contributed by atoms with Gasteiger partial charge in [-0.15, -0.1) is 0 Å². The van der Waals surface area contributed by atoms with E-state index in [-0.39, 0.29) is 5.56 Å². The van der Waals surface area contributed by atoms with Crippen LogP contribution in [0.5, 0.6) is 0 Å². The zero-order valence-electron chi connectivity index (χ0n) is 11.8. The minimum atomic E-state index is -0.822. The number of aliphatic hydroxyl groups is 1. The summed E-state index contributed by atoms with van der Waals surface area (Å²) in [6.07, 6.45) is 6.66. The van der Waals surface area contributed by atoms with Crippen molar-refractivity contribution in [1.29, 1.82) is 0 Å². The molecule has 2 fully saturated rings. The van der Waals surface area contributed by atoms with Crippen LogP contribution >= 0.6 is 0 Å². The third-order valence-electron chi connectivity index (χ3n) is 4.47. The highest BCUT2D eigenvalue weighted by atomic mass is 16.3. The highest BCUT2D eigenvalue weighted by molar-refractivity contribution is 5.73. The number of nitrogens with one attached hydrogen (secondary N) is 1. The maximum atomic E-state index is 12.5. The third kappa shape index (κ3) is 2.26. The summed E-state index contributed by atoms with van der Waals surface area (Å²) in [7, 11) is 0. The summed E-state index contributed by atoms with van der Waals surface area (Å²) in [6, 6.07) is 0.402. The largest absolute Gasteiger partial charge is 0.388 e. The molecular weight excluding hydrogens is 270 g/mol. The molecule has 21 heavy (non-hydrogen) atoms. The van der Waals surface area contributed by atoms with Gasteiger partial charge in [0.2, 0.25) is 0 Å². The Morgan fingerprint density at radius 1 is 1.38 bits per heavy atom. The van der Waals surface area contributed by atoms with Crippen molar-refractivity contribution in [3.63, 3.8) is 0 Å². The highest BCUT2D eigenvalue weighted by Crippen LogP contribution is 2.35. The number of hydrogen-bond donors (Lipinski definition) is 2. The summed E-state index contributed by atoms with van der Waals surface area (Å²) >= 11 is 0. The Balaban J connectivity index is 1.69. The molecule has 0 atom stereocenters. The fourth-order valence-corrected chi connectivity index (χ4v) is 3.03. The van der Waals surface area contributed by atoms with Gasteiger partial charge in [-0.3, -0.25) is 9.36 Å². The van der Waals surface area contributed by atoms with Crippen LogP contribution in [0.2, 0.25) is 0 Å². The Kier molecular flexibility index (Phi) is 2.87. The molecule has 0 aromatic carbocycles. The zero-order chi connectivity index (χ0) is 14.4. The molecule has 2 aromatic heterocycles. The van der Waals surface area contributed by atoms with Crippen molar-refractivity contribution in [2.24, 2.45) is 0 Å². The van der Waals surface area contributed by atoms with Crippen molar-refractivity contribution in [3.05, 3.63) is 22.9 Å². The molecule has 2 N–H and O–H groups in total. The maximum Gasteiger partial charge on any atom is 0.264 e. The zero-order valence-corrected chi connectivity index (χ0v) is 11.8. The quantitative estimate of drug-likeness (QED) is 0.833. The lowest BCUT2D eigenvalue weighted by atomic mass is 9.92. The van der Waals surface area contributed by atoms with Gasteiger partial charge in [-0.25, -0.2) is 9.67 Å². The van der Waals surface area contributed by atoms with E-state index in [2.05, 4.69) is 15.4 Å². The summed E-state index contributed by atoms with van der Waals surface area (Å²) < 4.78 is 3.37. The van der Waals surface area contributed by atoms with Gasteiger partial charge in [0.25, 0.3) is 5.56 Å². The highest BCUT2D eigenvalue weighted by Gasteiger charge is 2.31. The lowest BCUT2D eigenvalue weighted by Gasteiger charge is -2.32. The van der Waals surface area contributed by atoms with E-state index in [1.807, 2.05) is 4.68 Å². The van der Waals surface area contributed by atoms with Crippen molar-refractivity contribution >= 4 is 11.0 Å². The number of nitrogens with zero attached hydrogens (tertiary/aromatic N) is 4. The Labute approximate surface area is 121 Å². The fourth-order valence-electron chi connectivity index (χ4n) is 3.03. The molecule has 112 valence electrons. The van der Waals surface area contributed by atoms with Crippen LogP contribution in [0, 0.1) is 0 Å². The molecule has 0 spiro atoms. The van der Waals surface area contributed by atoms with Crippen LogP contribution in [-0.4, -0.2) is 43.1 Å². The van der Waals surface area contributed by atoms with Gasteiger partial charge in [0.05, 0.1) is 24.4 Å². The van der Waals surface area contributed by atoms with E-state index in [9.17, 15) is 9.90 Å². The van der Waals surface area contributed by atoms with Gasteiger partial charge in [0.1, 0.15) is 11.7 Å². The number of fused-ring (bicyclic) bond motifs is 1. The van der Waals surface area contributed by atoms with Crippen molar-refractivity contribution in [1.82, 2.24) is 24.6 Å². The van der Waals surface area contributed by atoms with Crippen molar-refractivity contribution in [2.75, 3.05) is 13.1 Å². The summed E-state index contributed by atoms with van der Waals surface area (Å²) in [4.78, 5) is 16.9. The molecule has 1 aliphatic heterocycles. The molecule has 0 amide bonds. The summed E-state index contributed by atoms with van der Waals surface area (Å²) in [5.41, 5.74) is -0.272. The molecule has 0 unspecified atom stereocenters. The first-order valence-corrected chi connectivity index (χ1v) is 7.52. The van der Waals surface area contributed by atoms with E-state index in [1.165, 1.54) is 4.57 Å². The van der Waals surface area contributed by atoms with Gasteiger partial charge in [-0.2, -0.15) is 5.10 Å². The molecule has 3 heterocycles. The Morgan fingerprint density at radius 2 is 2.14 bits per heavy atom. The van der Waals surface area contributed by atoms with Crippen LogP contribution in [-0.2, 0) is 6.54 Å². The minimum Gasteiger partial charge on any atom is -0.388 e. The van der Waals surface area contributed by atoms with E-state index < -0.39 is 5.60 Å². The molecule has 0 bridgehead atoms. The van der Waals surface area contributed by atoms with E-state index in [1.54, 1.807) is 12.5 Å². The topological polar surface area (TPSA) is 85.0 Å². The van der Waals surface area contributed by atoms with E-state index >= 15 is 0 Å². The summed E-state index contributed by atoms with van der Waals surface area (Å²) in [5.74, 6) is 0. The second kappa shape index (κ2) is 4.64. The normalized spacial score (nSPS) is 21.8. The van der Waals surface area contributed by atoms with Crippen molar-refractivity contribution in [3.8, 4) is 0 Å². The predicted octanol–water partition coefficient (Wildman–Crippen LogP) is 0.0424. The second-order valence-corrected chi connectivity index (χ2v) is 6.21. The molecule has 0 radical (unpaired) electrons. The van der Waals surface area contributed by atoms with Crippen molar-refractivity contribution < 1.29 is 5.11 Å². The van der Waals surface area contributed by atoms with Gasteiger partial charge < -0.3 is 10.4 Å². The molecule has 7 heteroatoms. The molecule has 7 nitrogen and oxygen atoms in total. The first-order chi connectivity index (χ1) is 10.2. The van der Waals surface area contributed by atoms with Gasteiger partial charge in [0.15, 0.2) is 5.65 Å². The number of hydrogen-bond acceptors (Lipinski definition) is 5. The van der Waals surface area contributed by atoms with Crippen LogP contribution in [0.4, 0.5) is 0 Å². The van der Waals surface area contributed by atoms with E-state index in [0.29, 0.717) is 36.5 Å². The monoisotopic (exact) mass is 289 g/mol. The predicted molar refractivity (Wildman–Crippen MR) is 77.1 cm³/mol. The fraction of sp³-hybridized carbons (Fsp3) is 0.643. The van der Waals surface area contributed by atoms with Crippen LogP contribution in [0.3, 0.4) is 0 Å². The lowest BCUT2D eigenvalue weighted by molar-refractivity contribution is -0.00628. The second-order valence-electron chi connectivity index (χ2n) is 6.21. The average Bonchev–Trinajstić information content (AvgIpc) is 3.22. The minimum absolute atomic E-state index is 0.112. The molecule has 2 aromatic rings. The first kappa shape index (κ1) is 13.0. The molecule has 2 aliphatic rings. The number of piperidine rings is 1. The lowest BCUT2D eigenvalue weighted by Crippen LogP contribution is -2.46. The molecule has 1 saturated heterocycles. The third-order valence-corrected chi connectivity index (χ3v) is 4.47. The van der Waals surface area contributed by atoms with Crippen molar-refractivity contribution in [2.45, 2.75) is 43.9 Å². The smallest absolute Gasteiger partial charge is 0.264 e. The molecule has 1 aliphatic carbocycles. The summed E-state index contributed by atoms with van der Waals surface area (Å²) in [6.45, 7) is 1.85. The van der Waals surface area contributed by atoms with Crippen LogP contribution < -0.4 is 10.9 Å². The molecular formula is C14H19N5O2. The van der Waals surface area contributed by atoms with Gasteiger partial charge in [-0.1, -0.05) is 0 Å². The number of rotatable bonds is 3.